The summed E-state index contributed by atoms with van der Waals surface area (Å²) < 4.78 is 0.347. The predicted molar refractivity (Wildman–Crippen MR) is 78.7 cm³/mol. The van der Waals surface area contributed by atoms with Gasteiger partial charge in [0.15, 0.2) is 0 Å². The fourth-order valence-electron chi connectivity index (χ4n) is 1.46. The van der Waals surface area contributed by atoms with E-state index >= 15 is 0 Å². The maximum atomic E-state index is 11.6. The van der Waals surface area contributed by atoms with Crippen molar-refractivity contribution in [3.05, 3.63) is 32.8 Å². The Morgan fingerprint density at radius 1 is 1.55 bits per heavy atom. The van der Waals surface area contributed by atoms with Crippen molar-refractivity contribution in [1.29, 1.82) is 0 Å². The van der Waals surface area contributed by atoms with Gasteiger partial charge in [-0.2, -0.15) is 0 Å². The first-order valence-electron chi connectivity index (χ1n) is 6.11. The molecule has 1 rings (SSSR count). The minimum Gasteiger partial charge on any atom is -0.393 e. The Kier molecular flexibility index (Phi) is 6.40. The third-order valence-corrected chi connectivity index (χ3v) is 3.31. The summed E-state index contributed by atoms with van der Waals surface area (Å²) in [5.41, 5.74) is 0.206. The van der Waals surface area contributed by atoms with Crippen LogP contribution in [0.5, 0.6) is 0 Å². The molecule has 0 saturated heterocycles. The average molecular weight is 346 g/mol. The summed E-state index contributed by atoms with van der Waals surface area (Å²) in [6, 6.07) is 3.85. The van der Waals surface area contributed by atoms with Crippen LogP contribution in [0.3, 0.4) is 0 Å². The summed E-state index contributed by atoms with van der Waals surface area (Å²) in [6.45, 7) is 2.19. The molecule has 110 valence electrons. The lowest BCUT2D eigenvalue weighted by Gasteiger charge is -2.10. The molecule has 0 bridgehead atoms. The molecule has 3 N–H and O–H groups in total. The number of urea groups is 1. The normalized spacial score (nSPS) is 11.8. The largest absolute Gasteiger partial charge is 0.393 e. The summed E-state index contributed by atoms with van der Waals surface area (Å²) in [6.07, 6.45) is 0.649. The monoisotopic (exact) mass is 345 g/mol. The molecule has 1 unspecified atom stereocenters. The second-order valence-electron chi connectivity index (χ2n) is 4.15. The number of nitro benzene ring substituents is 1. The van der Waals surface area contributed by atoms with E-state index in [1.165, 1.54) is 12.1 Å². The Balaban J connectivity index is 2.54. The Morgan fingerprint density at radius 3 is 2.85 bits per heavy atom. The summed E-state index contributed by atoms with van der Waals surface area (Å²) in [5, 5.41) is 25.2. The second-order valence-corrected chi connectivity index (χ2v) is 5.01. The van der Waals surface area contributed by atoms with Crippen molar-refractivity contribution in [2.75, 3.05) is 11.9 Å². The first kappa shape index (κ1) is 16.4. The summed E-state index contributed by atoms with van der Waals surface area (Å²) in [4.78, 5) is 21.8. The molecule has 20 heavy (non-hydrogen) atoms. The third kappa shape index (κ3) is 5.14. The molecule has 1 atom stereocenters. The standard InChI is InChI=1S/C12H16BrN3O4/c1-2-9(17)5-6-14-12(18)15-8-3-4-10(13)11(7-8)16(19)20/h3-4,7,9,17H,2,5-6H2,1H3,(H2,14,15,18). The highest BCUT2D eigenvalue weighted by Gasteiger charge is 2.13. The average Bonchev–Trinajstić information content (AvgIpc) is 2.40. The minimum absolute atomic E-state index is 0.121. The molecule has 0 radical (unpaired) electrons. The molecule has 1 aromatic rings. The van der Waals surface area contributed by atoms with Gasteiger partial charge in [-0.1, -0.05) is 6.92 Å². The van der Waals surface area contributed by atoms with Gasteiger partial charge in [-0.3, -0.25) is 10.1 Å². The summed E-state index contributed by atoms with van der Waals surface area (Å²) in [5.74, 6) is 0. The van der Waals surface area contributed by atoms with E-state index in [4.69, 9.17) is 0 Å². The SMILES string of the molecule is CCC(O)CCNC(=O)Nc1ccc(Br)c([N+](=O)[O-])c1. The van der Waals surface area contributed by atoms with Gasteiger partial charge in [-0.15, -0.1) is 0 Å². The fourth-order valence-corrected chi connectivity index (χ4v) is 1.85. The van der Waals surface area contributed by atoms with E-state index < -0.39 is 17.1 Å². The van der Waals surface area contributed by atoms with Crippen molar-refractivity contribution in [3.8, 4) is 0 Å². The van der Waals surface area contributed by atoms with E-state index in [2.05, 4.69) is 26.6 Å². The van der Waals surface area contributed by atoms with Crippen LogP contribution in [-0.4, -0.2) is 28.7 Å². The smallest absolute Gasteiger partial charge is 0.319 e. The van der Waals surface area contributed by atoms with Crippen LogP contribution in [0, 0.1) is 10.1 Å². The van der Waals surface area contributed by atoms with Gasteiger partial charge < -0.3 is 15.7 Å². The number of hydrogen-bond donors (Lipinski definition) is 3. The van der Waals surface area contributed by atoms with E-state index in [9.17, 15) is 20.0 Å². The van der Waals surface area contributed by atoms with E-state index in [0.717, 1.165) is 0 Å². The van der Waals surface area contributed by atoms with Crippen LogP contribution in [-0.2, 0) is 0 Å². The van der Waals surface area contributed by atoms with Crippen LogP contribution in [0.2, 0.25) is 0 Å². The van der Waals surface area contributed by atoms with Crippen molar-refractivity contribution in [1.82, 2.24) is 5.32 Å². The van der Waals surface area contributed by atoms with Crippen molar-refractivity contribution in [3.63, 3.8) is 0 Å². The lowest BCUT2D eigenvalue weighted by Crippen LogP contribution is -2.31. The molecular formula is C12H16BrN3O4. The molecule has 0 spiro atoms. The number of aliphatic hydroxyl groups excluding tert-OH is 1. The topological polar surface area (TPSA) is 104 Å². The Bertz CT molecular complexity index is 496. The number of carbonyl (C=O) groups is 1. The number of nitro groups is 1. The molecule has 0 heterocycles. The van der Waals surface area contributed by atoms with Gasteiger partial charge in [-0.25, -0.2) is 4.79 Å². The highest BCUT2D eigenvalue weighted by atomic mass is 79.9. The minimum atomic E-state index is -0.537. The molecule has 0 aromatic heterocycles. The van der Waals surface area contributed by atoms with Gasteiger partial charge in [-0.05, 0) is 40.9 Å². The van der Waals surface area contributed by atoms with Gasteiger partial charge in [0.2, 0.25) is 0 Å². The van der Waals surface area contributed by atoms with E-state index in [1.807, 2.05) is 6.92 Å². The molecule has 0 aliphatic rings. The molecule has 1 aromatic carbocycles. The second kappa shape index (κ2) is 7.81. The Labute approximate surface area is 124 Å². The lowest BCUT2D eigenvalue weighted by molar-refractivity contribution is -0.385. The third-order valence-electron chi connectivity index (χ3n) is 2.64. The summed E-state index contributed by atoms with van der Waals surface area (Å²) >= 11 is 3.07. The van der Waals surface area contributed by atoms with Crippen molar-refractivity contribution >= 4 is 33.3 Å². The molecule has 0 aliphatic carbocycles. The van der Waals surface area contributed by atoms with Crippen molar-refractivity contribution in [2.45, 2.75) is 25.9 Å². The highest BCUT2D eigenvalue weighted by Crippen LogP contribution is 2.27. The van der Waals surface area contributed by atoms with Crippen LogP contribution < -0.4 is 10.6 Å². The zero-order valence-electron chi connectivity index (χ0n) is 10.9. The first-order chi connectivity index (χ1) is 9.43. The van der Waals surface area contributed by atoms with Crippen LogP contribution in [0.4, 0.5) is 16.2 Å². The fraction of sp³-hybridized carbons (Fsp3) is 0.417. The lowest BCUT2D eigenvalue weighted by atomic mass is 10.2. The number of carbonyl (C=O) groups excluding carboxylic acids is 1. The number of nitrogens with zero attached hydrogens (tertiary/aromatic N) is 1. The summed E-state index contributed by atoms with van der Waals surface area (Å²) in [7, 11) is 0. The van der Waals surface area contributed by atoms with Gasteiger partial charge >= 0.3 is 6.03 Å². The quantitative estimate of drug-likeness (QED) is 0.544. The number of hydrogen-bond acceptors (Lipinski definition) is 4. The van der Waals surface area contributed by atoms with Crippen LogP contribution >= 0.6 is 15.9 Å². The number of anilines is 1. The molecule has 0 aliphatic heterocycles. The van der Waals surface area contributed by atoms with E-state index in [-0.39, 0.29) is 5.69 Å². The number of amides is 2. The maximum absolute atomic E-state index is 11.6. The van der Waals surface area contributed by atoms with Crippen molar-refractivity contribution in [2.24, 2.45) is 0 Å². The number of benzene rings is 1. The Morgan fingerprint density at radius 2 is 2.25 bits per heavy atom. The van der Waals surface area contributed by atoms with E-state index in [0.29, 0.717) is 29.5 Å². The highest BCUT2D eigenvalue weighted by molar-refractivity contribution is 9.10. The molecule has 8 heteroatoms. The van der Waals surface area contributed by atoms with Crippen LogP contribution in [0.15, 0.2) is 22.7 Å². The predicted octanol–water partition coefficient (Wildman–Crippen LogP) is 2.64. The molecule has 2 amide bonds. The number of aliphatic hydroxyl groups is 1. The number of nitrogens with one attached hydrogen (secondary N) is 2. The number of halogens is 1. The zero-order chi connectivity index (χ0) is 15.1. The zero-order valence-corrected chi connectivity index (χ0v) is 12.5. The number of rotatable bonds is 6. The van der Waals surface area contributed by atoms with Gasteiger partial charge in [0, 0.05) is 18.3 Å². The van der Waals surface area contributed by atoms with Crippen LogP contribution in [0.1, 0.15) is 19.8 Å². The molecule has 0 fully saturated rings. The van der Waals surface area contributed by atoms with E-state index in [1.54, 1.807) is 6.07 Å². The van der Waals surface area contributed by atoms with Gasteiger partial charge in [0.05, 0.1) is 15.5 Å². The first-order valence-corrected chi connectivity index (χ1v) is 6.90. The van der Waals surface area contributed by atoms with Gasteiger partial charge in [0.25, 0.3) is 5.69 Å². The van der Waals surface area contributed by atoms with Crippen LogP contribution in [0.25, 0.3) is 0 Å². The molecular weight excluding hydrogens is 330 g/mol. The maximum Gasteiger partial charge on any atom is 0.319 e. The van der Waals surface area contributed by atoms with Gasteiger partial charge in [0.1, 0.15) is 0 Å². The Hall–Kier alpha value is -1.67. The van der Waals surface area contributed by atoms with Crippen molar-refractivity contribution < 1.29 is 14.8 Å². The molecule has 0 saturated carbocycles. The molecule has 7 nitrogen and oxygen atoms in total.